The first-order valence-electron chi connectivity index (χ1n) is 32.8. The predicted molar refractivity (Wildman–Crippen MR) is 348 cm³/mol. The molecule has 1 saturated carbocycles. The Balaban J connectivity index is 0.000000168. The van der Waals surface area contributed by atoms with Crippen molar-refractivity contribution in [1.82, 2.24) is 25.2 Å². The number of carbonyl (C=O) groups excluding carboxylic acids is 6. The molecule has 1 aromatic heterocycles. The number of benzene rings is 3. The number of methoxy groups -OCH3 is 2. The van der Waals surface area contributed by atoms with Crippen molar-refractivity contribution in [2.24, 2.45) is 23.5 Å². The van der Waals surface area contributed by atoms with E-state index in [9.17, 15) is 33.9 Å². The Labute approximate surface area is 532 Å². The molecule has 11 rings (SSSR count). The SMILES string of the molecule is CO[C@H](C)[C@H](CC(=O)[C@H](CC1CCCCC1)NC(=O)c1ccno1)C(=O)N1CCC2(C=Cc3ccccc32)CC1.CO[C@H](C)[C@H](N)C(=O)N1CCC2(C=Cc3ccccc32)CC1.C[C@@H](O)[C@H](CC(=O)OC(C)(C)C)C(=O)N1CCC2(C=Cc3ccccc32)CC1. The van der Waals surface area contributed by atoms with Crippen LogP contribution in [0.15, 0.2) is 108 Å². The summed E-state index contributed by atoms with van der Waals surface area (Å²) in [7, 11) is 3.16. The number of Topliss-reactive ketones (excluding diaryl/α,β-unsaturated/α-hetero) is 1. The van der Waals surface area contributed by atoms with Crippen LogP contribution in [0.5, 0.6) is 0 Å². The molecule has 7 aliphatic rings. The number of hydrogen-bond donors (Lipinski definition) is 3. The molecule has 3 aromatic carbocycles. The highest BCUT2D eigenvalue weighted by Crippen LogP contribution is 2.47. The third kappa shape index (κ3) is 15.6. The number of esters is 1. The summed E-state index contributed by atoms with van der Waals surface area (Å²) in [6.07, 6.45) is 24.7. The van der Waals surface area contributed by atoms with Crippen molar-refractivity contribution in [3.05, 3.63) is 142 Å². The van der Waals surface area contributed by atoms with Crippen LogP contribution >= 0.6 is 0 Å². The number of carbonyl (C=O) groups is 6. The maximum absolute atomic E-state index is 13.9. The van der Waals surface area contributed by atoms with Crippen LogP contribution in [0.1, 0.15) is 175 Å². The highest BCUT2D eigenvalue weighted by molar-refractivity contribution is 5.97. The van der Waals surface area contributed by atoms with Gasteiger partial charge in [-0.15, -0.1) is 0 Å². The molecule has 0 unspecified atom stereocenters. The number of rotatable bonds is 17. The second-order valence-electron chi connectivity index (χ2n) is 27.2. The van der Waals surface area contributed by atoms with E-state index in [-0.39, 0.29) is 64.5 Å². The van der Waals surface area contributed by atoms with Gasteiger partial charge in [-0.1, -0.05) is 147 Å². The molecular weight excluding hydrogens is 1140 g/mol. The van der Waals surface area contributed by atoms with Crippen molar-refractivity contribution in [2.45, 2.75) is 184 Å². The molecule has 484 valence electrons. The summed E-state index contributed by atoms with van der Waals surface area (Å²) in [6, 6.07) is 25.7. The lowest BCUT2D eigenvalue weighted by molar-refractivity contribution is -0.160. The van der Waals surface area contributed by atoms with Crippen LogP contribution in [-0.2, 0) is 54.4 Å². The number of amides is 4. The number of hydrogen-bond acceptors (Lipinski definition) is 13. The monoisotopic (exact) mass is 1230 g/mol. The topological polar surface area (TPSA) is 224 Å². The Morgan fingerprint density at radius 3 is 1.47 bits per heavy atom. The zero-order chi connectivity index (χ0) is 64.4. The minimum absolute atomic E-state index is 0.000498. The number of nitrogens with zero attached hydrogens (tertiary/aromatic N) is 4. The number of nitrogens with two attached hydrogens (primary N) is 1. The molecule has 4 aliphatic carbocycles. The fourth-order valence-corrected chi connectivity index (χ4v) is 14.6. The van der Waals surface area contributed by atoms with E-state index in [1.165, 1.54) is 52.1 Å². The molecule has 3 aliphatic heterocycles. The van der Waals surface area contributed by atoms with Gasteiger partial charge in [0.25, 0.3) is 5.91 Å². The fraction of sp³-hybridized carbons (Fsp3) is 0.548. The largest absolute Gasteiger partial charge is 0.460 e. The summed E-state index contributed by atoms with van der Waals surface area (Å²) in [5.74, 6) is -2.20. The zero-order valence-corrected chi connectivity index (χ0v) is 54.2. The van der Waals surface area contributed by atoms with E-state index in [4.69, 9.17) is 24.5 Å². The number of nitrogens with one attached hydrogen (secondary N) is 1. The van der Waals surface area contributed by atoms with E-state index in [1.54, 1.807) is 46.8 Å². The second kappa shape index (κ2) is 29.5. The van der Waals surface area contributed by atoms with E-state index < -0.39 is 53.6 Å². The highest BCUT2D eigenvalue weighted by atomic mass is 16.6. The number of allylic oxidation sites excluding steroid dienone is 3. The van der Waals surface area contributed by atoms with Crippen LogP contribution in [0.25, 0.3) is 18.2 Å². The predicted octanol–water partition coefficient (Wildman–Crippen LogP) is 10.2. The van der Waals surface area contributed by atoms with Crippen molar-refractivity contribution in [1.29, 1.82) is 0 Å². The molecule has 4 N–H and O–H groups in total. The van der Waals surface area contributed by atoms with Crippen molar-refractivity contribution < 1.29 is 52.6 Å². The minimum atomic E-state index is -0.900. The lowest BCUT2D eigenvalue weighted by atomic mass is 9.74. The molecule has 4 aromatic rings. The third-order valence-corrected chi connectivity index (χ3v) is 20.3. The van der Waals surface area contributed by atoms with Gasteiger partial charge in [0.05, 0.1) is 48.8 Å². The van der Waals surface area contributed by atoms with Crippen LogP contribution in [0.3, 0.4) is 0 Å². The molecule has 0 radical (unpaired) electrons. The normalized spacial score (nSPS) is 20.7. The van der Waals surface area contributed by atoms with Gasteiger partial charge in [0.2, 0.25) is 23.5 Å². The molecule has 4 fully saturated rings. The molecular formula is C73H96N6O11. The van der Waals surface area contributed by atoms with Crippen LogP contribution in [0, 0.1) is 17.8 Å². The van der Waals surface area contributed by atoms with Crippen molar-refractivity contribution in [3.63, 3.8) is 0 Å². The van der Waals surface area contributed by atoms with Crippen molar-refractivity contribution in [2.75, 3.05) is 53.5 Å². The van der Waals surface area contributed by atoms with Gasteiger partial charge < -0.3 is 49.6 Å². The van der Waals surface area contributed by atoms with Gasteiger partial charge in [-0.05, 0) is 126 Å². The smallest absolute Gasteiger partial charge is 0.307 e. The Bertz CT molecular complexity index is 3220. The number of aliphatic hydroxyl groups excluding tert-OH is 1. The summed E-state index contributed by atoms with van der Waals surface area (Å²) in [5.41, 5.74) is 13.4. The first kappa shape index (κ1) is 67.3. The zero-order valence-electron chi connectivity index (χ0n) is 54.2. The summed E-state index contributed by atoms with van der Waals surface area (Å²) in [5, 5.41) is 16.6. The summed E-state index contributed by atoms with van der Waals surface area (Å²) >= 11 is 0. The van der Waals surface area contributed by atoms with Gasteiger partial charge in [-0.3, -0.25) is 28.8 Å². The summed E-state index contributed by atoms with van der Waals surface area (Å²) < 4.78 is 21.2. The number of aliphatic hydroxyl groups is 1. The van der Waals surface area contributed by atoms with E-state index >= 15 is 0 Å². The first-order valence-corrected chi connectivity index (χ1v) is 32.8. The molecule has 0 bridgehead atoms. The van der Waals surface area contributed by atoms with Crippen LogP contribution in [-0.4, -0.2) is 150 Å². The molecule has 17 nitrogen and oxygen atoms in total. The van der Waals surface area contributed by atoms with Crippen molar-refractivity contribution >= 4 is 53.6 Å². The Morgan fingerprint density at radius 1 is 0.622 bits per heavy atom. The Kier molecular flexibility index (Phi) is 22.1. The van der Waals surface area contributed by atoms with Gasteiger partial charge in [-0.25, -0.2) is 0 Å². The number of aromatic nitrogens is 1. The molecule has 3 spiro atoms. The van der Waals surface area contributed by atoms with Gasteiger partial charge >= 0.3 is 5.97 Å². The van der Waals surface area contributed by atoms with E-state index in [0.717, 1.165) is 77.3 Å². The van der Waals surface area contributed by atoms with Gasteiger partial charge in [0.15, 0.2) is 5.78 Å². The number of ketones is 1. The molecule has 4 heterocycles. The highest BCUT2D eigenvalue weighted by Gasteiger charge is 2.45. The number of piperidine rings is 3. The Morgan fingerprint density at radius 2 is 1.06 bits per heavy atom. The lowest BCUT2D eigenvalue weighted by Gasteiger charge is -2.41. The minimum Gasteiger partial charge on any atom is -0.460 e. The first-order chi connectivity index (χ1) is 43.1. The van der Waals surface area contributed by atoms with Crippen LogP contribution < -0.4 is 11.1 Å². The van der Waals surface area contributed by atoms with E-state index in [0.29, 0.717) is 38.5 Å². The molecule has 7 atom stereocenters. The summed E-state index contributed by atoms with van der Waals surface area (Å²) in [4.78, 5) is 83.7. The van der Waals surface area contributed by atoms with Crippen LogP contribution in [0.4, 0.5) is 0 Å². The average Bonchev–Trinajstić information content (AvgIpc) is 1.80. The van der Waals surface area contributed by atoms with E-state index in [2.05, 4.69) is 114 Å². The maximum atomic E-state index is 13.9. The lowest BCUT2D eigenvalue weighted by Crippen LogP contribution is -2.53. The molecule has 4 amide bonds. The van der Waals surface area contributed by atoms with Gasteiger partial charge in [0.1, 0.15) is 11.6 Å². The van der Waals surface area contributed by atoms with Gasteiger partial charge in [-0.2, -0.15) is 0 Å². The maximum Gasteiger partial charge on any atom is 0.307 e. The number of likely N-dealkylation sites (tertiary alicyclic amines) is 3. The van der Waals surface area contributed by atoms with Crippen LogP contribution in [0.2, 0.25) is 0 Å². The molecule has 3 saturated heterocycles. The number of fused-ring (bicyclic) bond motifs is 6. The summed E-state index contributed by atoms with van der Waals surface area (Å²) in [6.45, 7) is 14.6. The second-order valence-corrected chi connectivity index (χ2v) is 27.2. The van der Waals surface area contributed by atoms with Gasteiger partial charge in [0, 0.05) is 82.2 Å². The standard InChI is InChI=1S/C32H41N3O5.C23H31NO4.C18H24N2O2/c1-22(39-2)25(31(38)35-18-15-32(16-19-35)14-12-24-10-6-7-11-26(24)32)21-28(36)27(20-23-8-4-3-5-9-23)34-30(37)29-13-17-33-40-29;1-16(25)18(15-20(26)28-22(2,3)4)21(27)24-13-11-23(12-14-24)10-9-17-7-5-6-8-19(17)23;1-13(22-2)16(19)17(21)20-11-9-18(10-12-20)8-7-14-5-3-4-6-15(14)18/h6-7,10-14,17,22-23,25,27H,3-5,8-9,15-16,18-21H2,1-2H3,(H,34,37);5-10,16,18,25H,11-15H2,1-4H3;3-8,13,16H,9-12,19H2,1-2H3/t22-,25+,27+;16-,18+;13-,16+/m111/s1. The van der Waals surface area contributed by atoms with E-state index in [1.807, 2.05) is 29.7 Å². The number of ether oxygens (including phenoxy) is 3. The average molecular weight is 1230 g/mol. The fourth-order valence-electron chi connectivity index (χ4n) is 14.6. The molecule has 17 heteroatoms. The Hall–Kier alpha value is -7.05. The quantitative estimate of drug-likeness (QED) is 0.0838. The van der Waals surface area contributed by atoms with Crippen molar-refractivity contribution in [3.8, 4) is 0 Å². The molecule has 90 heavy (non-hydrogen) atoms. The third-order valence-electron chi connectivity index (χ3n) is 20.3.